The van der Waals surface area contributed by atoms with E-state index in [2.05, 4.69) is 17.1 Å². The van der Waals surface area contributed by atoms with Crippen LogP contribution in [0, 0.1) is 11.6 Å². The van der Waals surface area contributed by atoms with Crippen LogP contribution in [0.1, 0.15) is 24.0 Å². The van der Waals surface area contributed by atoms with Crippen molar-refractivity contribution in [2.45, 2.75) is 18.9 Å². The molecule has 0 amide bonds. The van der Waals surface area contributed by atoms with Gasteiger partial charge in [-0.1, -0.05) is 24.3 Å². The molecule has 1 fully saturated rings. The van der Waals surface area contributed by atoms with Crippen LogP contribution in [0.25, 0.3) is 0 Å². The Morgan fingerprint density at radius 2 is 1.52 bits per heavy atom. The summed E-state index contributed by atoms with van der Waals surface area (Å²) < 4.78 is 26.5. The second kappa shape index (κ2) is 7.20. The van der Waals surface area contributed by atoms with Gasteiger partial charge in [0.05, 0.1) is 0 Å². The van der Waals surface area contributed by atoms with Crippen LogP contribution in [0.2, 0.25) is 0 Å². The molecule has 122 valence electrons. The van der Waals surface area contributed by atoms with E-state index in [4.69, 9.17) is 0 Å². The molecule has 0 spiro atoms. The van der Waals surface area contributed by atoms with Gasteiger partial charge in [-0.2, -0.15) is 0 Å². The molecule has 23 heavy (non-hydrogen) atoms. The molecule has 1 aliphatic rings. The fourth-order valence-electron chi connectivity index (χ4n) is 3.23. The normalized spacial score (nSPS) is 19.2. The molecule has 1 N–H and O–H groups in total. The third-order valence-corrected chi connectivity index (χ3v) is 4.44. The molecule has 4 heteroatoms. The van der Waals surface area contributed by atoms with Crippen LogP contribution < -0.4 is 5.32 Å². The van der Waals surface area contributed by atoms with E-state index < -0.39 is 0 Å². The number of benzene rings is 2. The standard InChI is InChI=1S/C19H22F2N2/c1-14-12-23(11-10-22-14)13-19(15-2-6-17(20)7-3-15)16-4-8-18(21)9-5-16/h2-9,14,19,22H,10-13H2,1H3/t14-/m0/s1. The predicted molar refractivity (Wildman–Crippen MR) is 88.5 cm³/mol. The summed E-state index contributed by atoms with van der Waals surface area (Å²) in [4.78, 5) is 2.42. The lowest BCUT2D eigenvalue weighted by Crippen LogP contribution is -2.50. The molecule has 1 saturated heterocycles. The molecule has 0 aliphatic carbocycles. The van der Waals surface area contributed by atoms with E-state index >= 15 is 0 Å². The number of piperazine rings is 1. The molecule has 2 aromatic carbocycles. The molecule has 0 unspecified atom stereocenters. The minimum absolute atomic E-state index is 0.112. The van der Waals surface area contributed by atoms with E-state index in [-0.39, 0.29) is 17.6 Å². The van der Waals surface area contributed by atoms with Gasteiger partial charge in [0.2, 0.25) is 0 Å². The van der Waals surface area contributed by atoms with Crippen molar-refractivity contribution >= 4 is 0 Å². The Balaban J connectivity index is 1.86. The molecule has 0 bridgehead atoms. The lowest BCUT2D eigenvalue weighted by atomic mass is 9.90. The van der Waals surface area contributed by atoms with Gasteiger partial charge in [0.25, 0.3) is 0 Å². The number of nitrogens with zero attached hydrogens (tertiary/aromatic N) is 1. The van der Waals surface area contributed by atoms with E-state index in [0.29, 0.717) is 6.04 Å². The van der Waals surface area contributed by atoms with Crippen molar-refractivity contribution in [3.63, 3.8) is 0 Å². The van der Waals surface area contributed by atoms with Crippen molar-refractivity contribution in [2.24, 2.45) is 0 Å². The van der Waals surface area contributed by atoms with Gasteiger partial charge in [0.15, 0.2) is 0 Å². The Morgan fingerprint density at radius 1 is 1.00 bits per heavy atom. The number of hydrogen-bond acceptors (Lipinski definition) is 2. The Kier molecular flexibility index (Phi) is 5.03. The monoisotopic (exact) mass is 316 g/mol. The highest BCUT2D eigenvalue weighted by molar-refractivity contribution is 5.33. The summed E-state index contributed by atoms with van der Waals surface area (Å²) in [7, 11) is 0. The first kappa shape index (κ1) is 16.1. The van der Waals surface area contributed by atoms with Crippen LogP contribution in [0.4, 0.5) is 8.78 Å². The third-order valence-electron chi connectivity index (χ3n) is 4.44. The first-order chi connectivity index (χ1) is 11.1. The van der Waals surface area contributed by atoms with Crippen LogP contribution in [0.5, 0.6) is 0 Å². The molecule has 0 radical (unpaired) electrons. The topological polar surface area (TPSA) is 15.3 Å². The molecule has 2 aromatic rings. The van der Waals surface area contributed by atoms with Gasteiger partial charge >= 0.3 is 0 Å². The largest absolute Gasteiger partial charge is 0.312 e. The summed E-state index contributed by atoms with van der Waals surface area (Å²) in [5.41, 5.74) is 2.12. The zero-order chi connectivity index (χ0) is 16.2. The SMILES string of the molecule is C[C@H]1CN(CC(c2ccc(F)cc2)c2ccc(F)cc2)CCN1. The van der Waals surface area contributed by atoms with Gasteiger partial charge in [-0.15, -0.1) is 0 Å². The molecule has 1 atom stereocenters. The highest BCUT2D eigenvalue weighted by Crippen LogP contribution is 2.26. The van der Waals surface area contributed by atoms with Crippen LogP contribution in [-0.4, -0.2) is 37.1 Å². The van der Waals surface area contributed by atoms with Crippen LogP contribution in [0.3, 0.4) is 0 Å². The summed E-state index contributed by atoms with van der Waals surface area (Å²) in [5.74, 6) is -0.355. The lowest BCUT2D eigenvalue weighted by Gasteiger charge is -2.34. The predicted octanol–water partition coefficient (Wildman–Crippen LogP) is 3.39. The van der Waals surface area contributed by atoms with Crippen LogP contribution >= 0.6 is 0 Å². The van der Waals surface area contributed by atoms with Gasteiger partial charge in [0, 0.05) is 38.1 Å². The van der Waals surface area contributed by atoms with Crippen molar-refractivity contribution in [1.82, 2.24) is 10.2 Å². The van der Waals surface area contributed by atoms with Gasteiger partial charge in [-0.25, -0.2) is 8.78 Å². The van der Waals surface area contributed by atoms with E-state index in [1.54, 1.807) is 0 Å². The summed E-state index contributed by atoms with van der Waals surface area (Å²) >= 11 is 0. The molecule has 0 aromatic heterocycles. The highest BCUT2D eigenvalue weighted by Gasteiger charge is 2.22. The summed E-state index contributed by atoms with van der Waals surface area (Å²) in [5, 5.41) is 3.44. The fourth-order valence-corrected chi connectivity index (χ4v) is 3.23. The quantitative estimate of drug-likeness (QED) is 0.930. The van der Waals surface area contributed by atoms with Gasteiger partial charge in [-0.05, 0) is 42.3 Å². The smallest absolute Gasteiger partial charge is 0.123 e. The summed E-state index contributed by atoms with van der Waals surface area (Å²) in [6.07, 6.45) is 0. The maximum Gasteiger partial charge on any atom is 0.123 e. The second-order valence-corrected chi connectivity index (χ2v) is 6.27. The van der Waals surface area contributed by atoms with Crippen molar-refractivity contribution in [2.75, 3.05) is 26.2 Å². The zero-order valence-electron chi connectivity index (χ0n) is 13.3. The zero-order valence-corrected chi connectivity index (χ0v) is 13.3. The van der Waals surface area contributed by atoms with Crippen LogP contribution in [0.15, 0.2) is 48.5 Å². The Morgan fingerprint density at radius 3 is 2.00 bits per heavy atom. The molecule has 1 aliphatic heterocycles. The van der Waals surface area contributed by atoms with Crippen molar-refractivity contribution < 1.29 is 8.78 Å². The molecular weight excluding hydrogens is 294 g/mol. The maximum absolute atomic E-state index is 13.2. The third kappa shape index (κ3) is 4.15. The van der Waals surface area contributed by atoms with E-state index in [9.17, 15) is 8.78 Å². The van der Waals surface area contributed by atoms with E-state index in [0.717, 1.165) is 37.3 Å². The second-order valence-electron chi connectivity index (χ2n) is 6.27. The molecule has 1 heterocycles. The molecule has 3 rings (SSSR count). The minimum Gasteiger partial charge on any atom is -0.312 e. The first-order valence-electron chi connectivity index (χ1n) is 8.08. The fraction of sp³-hybridized carbons (Fsp3) is 0.368. The Bertz CT molecular complexity index is 579. The molecule has 0 saturated carbocycles. The number of hydrogen-bond donors (Lipinski definition) is 1. The average Bonchev–Trinajstić information content (AvgIpc) is 2.55. The van der Waals surface area contributed by atoms with E-state index in [1.807, 2.05) is 24.3 Å². The number of nitrogens with one attached hydrogen (secondary N) is 1. The Hall–Kier alpha value is -1.78. The minimum atomic E-state index is -0.234. The lowest BCUT2D eigenvalue weighted by molar-refractivity contribution is 0.202. The van der Waals surface area contributed by atoms with Crippen molar-refractivity contribution in [3.05, 3.63) is 71.3 Å². The maximum atomic E-state index is 13.2. The van der Waals surface area contributed by atoms with Gasteiger partial charge in [-0.3, -0.25) is 4.90 Å². The first-order valence-corrected chi connectivity index (χ1v) is 8.08. The highest BCUT2D eigenvalue weighted by atomic mass is 19.1. The molecule has 2 nitrogen and oxygen atoms in total. The van der Waals surface area contributed by atoms with Crippen molar-refractivity contribution in [1.29, 1.82) is 0 Å². The van der Waals surface area contributed by atoms with Crippen LogP contribution in [-0.2, 0) is 0 Å². The summed E-state index contributed by atoms with van der Waals surface area (Å²) in [6.45, 7) is 5.98. The summed E-state index contributed by atoms with van der Waals surface area (Å²) in [6, 6.07) is 13.7. The Labute approximate surface area is 136 Å². The van der Waals surface area contributed by atoms with E-state index in [1.165, 1.54) is 24.3 Å². The number of halogens is 2. The molecular formula is C19H22F2N2. The van der Waals surface area contributed by atoms with Crippen molar-refractivity contribution in [3.8, 4) is 0 Å². The number of rotatable bonds is 4. The van der Waals surface area contributed by atoms with Gasteiger partial charge in [0.1, 0.15) is 11.6 Å². The van der Waals surface area contributed by atoms with Gasteiger partial charge < -0.3 is 5.32 Å². The average molecular weight is 316 g/mol.